The van der Waals surface area contributed by atoms with Crippen LogP contribution in [0.4, 0.5) is 8.78 Å². The Morgan fingerprint density at radius 1 is 1.16 bits per heavy atom. The fourth-order valence-corrected chi connectivity index (χ4v) is 4.35. The number of aromatic nitrogens is 2. The first-order chi connectivity index (χ1) is 15.0. The molecule has 0 bridgehead atoms. The summed E-state index contributed by atoms with van der Waals surface area (Å²) in [4.78, 5) is 11.8. The Hall–Kier alpha value is -2.30. The first kappa shape index (κ1) is 21.9. The lowest BCUT2D eigenvalue weighted by Gasteiger charge is -2.42. The Morgan fingerprint density at radius 3 is 2.68 bits per heavy atom. The van der Waals surface area contributed by atoms with Gasteiger partial charge >= 0.3 is 6.61 Å². The molecule has 4 rings (SSSR count). The van der Waals surface area contributed by atoms with Crippen molar-refractivity contribution in [3.05, 3.63) is 24.1 Å². The number of likely N-dealkylation sites (tertiary alicyclic amines) is 1. The summed E-state index contributed by atoms with van der Waals surface area (Å²) in [5.41, 5.74) is 0.611. The number of ether oxygens (including phenoxy) is 2. The van der Waals surface area contributed by atoms with E-state index in [0.29, 0.717) is 29.9 Å². The molecule has 2 aliphatic rings. The van der Waals surface area contributed by atoms with Gasteiger partial charge in [0, 0.05) is 44.3 Å². The Kier molecular flexibility index (Phi) is 6.99. The van der Waals surface area contributed by atoms with Crippen LogP contribution in [0.2, 0.25) is 0 Å². The van der Waals surface area contributed by atoms with Gasteiger partial charge in [-0.1, -0.05) is 5.16 Å². The fraction of sp³-hybridized carbons (Fsp3) is 0.619. The van der Waals surface area contributed by atoms with Crippen LogP contribution >= 0.6 is 0 Å². The van der Waals surface area contributed by atoms with Crippen LogP contribution in [0.15, 0.2) is 22.7 Å². The number of piperidine rings is 1. The number of methoxy groups -OCH3 is 1. The van der Waals surface area contributed by atoms with Crippen molar-refractivity contribution >= 4 is 0 Å². The highest BCUT2D eigenvalue weighted by atomic mass is 19.3. The molecule has 0 radical (unpaired) electrons. The van der Waals surface area contributed by atoms with E-state index in [1.165, 1.54) is 32.6 Å². The summed E-state index contributed by atoms with van der Waals surface area (Å²) in [5, 5.41) is 4.04. The Morgan fingerprint density at radius 2 is 1.97 bits per heavy atom. The van der Waals surface area contributed by atoms with Crippen molar-refractivity contribution in [2.75, 3.05) is 53.4 Å². The number of likely N-dealkylation sites (N-methyl/N-ethyl adjacent to an activating group) is 1. The first-order valence-electron chi connectivity index (χ1n) is 10.6. The molecule has 2 aliphatic heterocycles. The van der Waals surface area contributed by atoms with Crippen LogP contribution in [-0.2, 0) is 6.54 Å². The highest BCUT2D eigenvalue weighted by molar-refractivity contribution is 5.60. The molecule has 2 aromatic rings. The molecule has 2 saturated heterocycles. The molecular formula is C21H29F2N5O3. The van der Waals surface area contributed by atoms with Crippen molar-refractivity contribution in [1.29, 1.82) is 0 Å². The lowest BCUT2D eigenvalue weighted by Crippen LogP contribution is -2.54. The van der Waals surface area contributed by atoms with Gasteiger partial charge in [-0.15, -0.1) is 0 Å². The first-order valence-corrected chi connectivity index (χ1v) is 10.6. The van der Waals surface area contributed by atoms with E-state index in [2.05, 4.69) is 36.6 Å². The highest BCUT2D eigenvalue weighted by Crippen LogP contribution is 2.32. The molecule has 3 heterocycles. The third kappa shape index (κ3) is 5.50. The SMILES string of the molecule is COc1cc(-c2noc(CN3CCN(C4CCCN(C)C4)CC3)n2)ccc1OC(F)F. The molecule has 1 atom stereocenters. The number of hydrogen-bond donors (Lipinski definition) is 0. The number of piperazine rings is 1. The van der Waals surface area contributed by atoms with Crippen LogP contribution in [0.5, 0.6) is 11.5 Å². The lowest BCUT2D eigenvalue weighted by molar-refractivity contribution is -0.0512. The summed E-state index contributed by atoms with van der Waals surface area (Å²) < 4.78 is 40.0. The van der Waals surface area contributed by atoms with Crippen molar-refractivity contribution in [3.8, 4) is 22.9 Å². The molecule has 1 aromatic carbocycles. The van der Waals surface area contributed by atoms with Crippen LogP contribution in [0, 0.1) is 0 Å². The molecule has 2 fully saturated rings. The summed E-state index contributed by atoms with van der Waals surface area (Å²) >= 11 is 0. The predicted molar refractivity (Wildman–Crippen MR) is 110 cm³/mol. The summed E-state index contributed by atoms with van der Waals surface area (Å²) in [6.45, 7) is 4.04. The largest absolute Gasteiger partial charge is 0.493 e. The molecule has 0 saturated carbocycles. The van der Waals surface area contributed by atoms with Gasteiger partial charge in [0.1, 0.15) is 0 Å². The number of benzene rings is 1. The van der Waals surface area contributed by atoms with Crippen molar-refractivity contribution < 1.29 is 22.8 Å². The van der Waals surface area contributed by atoms with Gasteiger partial charge in [0.05, 0.1) is 13.7 Å². The van der Waals surface area contributed by atoms with E-state index in [9.17, 15) is 8.78 Å². The van der Waals surface area contributed by atoms with Crippen LogP contribution in [-0.4, -0.2) is 90.9 Å². The summed E-state index contributed by atoms with van der Waals surface area (Å²) in [5.74, 6) is 1.08. The highest BCUT2D eigenvalue weighted by Gasteiger charge is 2.27. The Balaban J connectivity index is 1.33. The van der Waals surface area contributed by atoms with E-state index >= 15 is 0 Å². The molecule has 10 heteroatoms. The minimum Gasteiger partial charge on any atom is -0.493 e. The fourth-order valence-electron chi connectivity index (χ4n) is 4.35. The molecular weight excluding hydrogens is 408 g/mol. The molecule has 0 spiro atoms. The maximum atomic E-state index is 12.5. The number of halogens is 2. The van der Waals surface area contributed by atoms with Gasteiger partial charge in [0.15, 0.2) is 11.5 Å². The molecule has 31 heavy (non-hydrogen) atoms. The van der Waals surface area contributed by atoms with Crippen molar-refractivity contribution in [3.63, 3.8) is 0 Å². The maximum absolute atomic E-state index is 12.5. The van der Waals surface area contributed by atoms with E-state index in [4.69, 9.17) is 9.26 Å². The summed E-state index contributed by atoms with van der Waals surface area (Å²) in [6, 6.07) is 5.24. The van der Waals surface area contributed by atoms with E-state index in [1.807, 2.05) is 0 Å². The lowest BCUT2D eigenvalue weighted by atomic mass is 10.0. The van der Waals surface area contributed by atoms with Crippen molar-refractivity contribution in [1.82, 2.24) is 24.8 Å². The van der Waals surface area contributed by atoms with Gasteiger partial charge in [-0.2, -0.15) is 13.8 Å². The number of rotatable bonds is 7. The number of nitrogens with zero attached hydrogens (tertiary/aromatic N) is 5. The van der Waals surface area contributed by atoms with Gasteiger partial charge in [-0.05, 0) is 44.6 Å². The van der Waals surface area contributed by atoms with Gasteiger partial charge in [-0.3, -0.25) is 9.80 Å². The van der Waals surface area contributed by atoms with Crippen molar-refractivity contribution in [2.45, 2.75) is 32.0 Å². The van der Waals surface area contributed by atoms with Crippen molar-refractivity contribution in [2.24, 2.45) is 0 Å². The van der Waals surface area contributed by atoms with E-state index in [-0.39, 0.29) is 11.5 Å². The van der Waals surface area contributed by atoms with Gasteiger partial charge in [0.25, 0.3) is 0 Å². The minimum absolute atomic E-state index is 0.0352. The normalized spacial score (nSPS) is 21.5. The smallest absolute Gasteiger partial charge is 0.387 e. The van der Waals surface area contributed by atoms with E-state index in [1.54, 1.807) is 12.1 Å². The molecule has 0 N–H and O–H groups in total. The van der Waals surface area contributed by atoms with Crippen LogP contribution in [0.25, 0.3) is 11.4 Å². The second kappa shape index (κ2) is 9.88. The zero-order valence-electron chi connectivity index (χ0n) is 18.0. The third-order valence-electron chi connectivity index (χ3n) is 5.99. The van der Waals surface area contributed by atoms with E-state index in [0.717, 1.165) is 32.7 Å². The Labute approximate surface area is 180 Å². The second-order valence-corrected chi connectivity index (χ2v) is 8.13. The van der Waals surface area contributed by atoms with Gasteiger partial charge < -0.3 is 18.9 Å². The summed E-state index contributed by atoms with van der Waals surface area (Å²) in [6.07, 6.45) is 2.55. The zero-order valence-corrected chi connectivity index (χ0v) is 18.0. The summed E-state index contributed by atoms with van der Waals surface area (Å²) in [7, 11) is 3.59. The standard InChI is InChI=1S/C21H29F2N5O3/c1-26-7-3-4-16(13-26)28-10-8-27(9-11-28)14-19-24-20(25-31-19)15-5-6-17(30-21(22)23)18(12-15)29-2/h5-6,12,16,21H,3-4,7-11,13-14H2,1-2H3. The topological polar surface area (TPSA) is 67.1 Å². The average Bonchev–Trinajstić information content (AvgIpc) is 3.22. The minimum atomic E-state index is -2.92. The molecule has 1 aromatic heterocycles. The molecule has 0 amide bonds. The number of hydrogen-bond acceptors (Lipinski definition) is 8. The zero-order chi connectivity index (χ0) is 21.8. The molecule has 0 aliphatic carbocycles. The predicted octanol–water partition coefficient (Wildman–Crippen LogP) is 2.56. The molecule has 8 nitrogen and oxygen atoms in total. The Bertz CT molecular complexity index is 857. The monoisotopic (exact) mass is 437 g/mol. The number of alkyl halides is 2. The molecule has 1 unspecified atom stereocenters. The maximum Gasteiger partial charge on any atom is 0.387 e. The van der Waals surface area contributed by atoms with E-state index < -0.39 is 6.61 Å². The second-order valence-electron chi connectivity index (χ2n) is 8.13. The van der Waals surface area contributed by atoms with Gasteiger partial charge in [0.2, 0.25) is 11.7 Å². The average molecular weight is 437 g/mol. The van der Waals surface area contributed by atoms with Gasteiger partial charge in [-0.25, -0.2) is 0 Å². The van der Waals surface area contributed by atoms with Crippen LogP contribution in [0.1, 0.15) is 18.7 Å². The van der Waals surface area contributed by atoms with Crippen LogP contribution < -0.4 is 9.47 Å². The third-order valence-corrected chi connectivity index (χ3v) is 5.99. The molecule has 170 valence electrons. The quantitative estimate of drug-likeness (QED) is 0.655. The van der Waals surface area contributed by atoms with Crippen LogP contribution in [0.3, 0.4) is 0 Å².